The fourth-order valence-corrected chi connectivity index (χ4v) is 1.58. The molecule has 0 aliphatic carbocycles. The minimum atomic E-state index is -0.535. The Morgan fingerprint density at radius 3 is 2.00 bits per heavy atom. The Morgan fingerprint density at radius 1 is 1.15 bits per heavy atom. The number of rotatable bonds is 6. The van der Waals surface area contributed by atoms with Crippen LogP contribution < -0.4 is 5.32 Å². The van der Waals surface area contributed by atoms with E-state index in [1.807, 2.05) is 41.5 Å². The van der Waals surface area contributed by atoms with E-state index in [4.69, 9.17) is 14.9 Å². The molecule has 0 aromatic rings. The van der Waals surface area contributed by atoms with Gasteiger partial charge in [-0.2, -0.15) is 0 Å². The number of aliphatic hydroxyl groups excluding tert-OH is 2. The molecule has 120 valence electrons. The molecule has 0 fully saturated rings. The minimum Gasteiger partial charge on any atom is -0.444 e. The maximum Gasteiger partial charge on any atom is 0.410 e. The van der Waals surface area contributed by atoms with E-state index in [1.54, 1.807) is 4.90 Å². The molecule has 20 heavy (non-hydrogen) atoms. The number of nitrogens with zero attached hydrogens (tertiary/aromatic N) is 1. The van der Waals surface area contributed by atoms with E-state index in [-0.39, 0.29) is 30.9 Å². The van der Waals surface area contributed by atoms with E-state index in [1.165, 1.54) is 0 Å². The lowest BCUT2D eigenvalue weighted by molar-refractivity contribution is 0.00623. The van der Waals surface area contributed by atoms with Gasteiger partial charge in [0.15, 0.2) is 0 Å². The molecule has 6 nitrogen and oxygen atoms in total. The second kappa shape index (κ2) is 7.81. The Kier molecular flexibility index (Phi) is 7.47. The van der Waals surface area contributed by atoms with Crippen molar-refractivity contribution in [2.75, 3.05) is 26.3 Å². The van der Waals surface area contributed by atoms with Crippen LogP contribution in [0.15, 0.2) is 0 Å². The Balaban J connectivity index is 4.56. The maximum atomic E-state index is 12.2. The third-order valence-corrected chi connectivity index (χ3v) is 2.63. The molecule has 0 bridgehead atoms. The van der Waals surface area contributed by atoms with Gasteiger partial charge in [-0.25, -0.2) is 4.79 Å². The van der Waals surface area contributed by atoms with Crippen molar-refractivity contribution in [1.82, 2.24) is 10.2 Å². The van der Waals surface area contributed by atoms with Crippen LogP contribution in [-0.4, -0.2) is 64.7 Å². The highest BCUT2D eigenvalue weighted by Gasteiger charge is 2.30. The Bertz CT molecular complexity index is 291. The molecule has 0 atom stereocenters. The van der Waals surface area contributed by atoms with Gasteiger partial charge >= 0.3 is 6.09 Å². The van der Waals surface area contributed by atoms with Gasteiger partial charge in [0.1, 0.15) is 5.60 Å². The number of amides is 1. The SMILES string of the molecule is CC(C)(C)OC(=O)N(CCNC(CO)CO)C(C)(C)C. The molecule has 0 aliphatic heterocycles. The van der Waals surface area contributed by atoms with Crippen molar-refractivity contribution in [3.05, 3.63) is 0 Å². The zero-order chi connectivity index (χ0) is 16.0. The average Bonchev–Trinajstić information content (AvgIpc) is 2.25. The van der Waals surface area contributed by atoms with Gasteiger partial charge < -0.3 is 25.2 Å². The van der Waals surface area contributed by atoms with Gasteiger partial charge in [0, 0.05) is 18.6 Å². The monoisotopic (exact) mass is 290 g/mol. The molecule has 0 saturated heterocycles. The van der Waals surface area contributed by atoms with E-state index >= 15 is 0 Å². The Hall–Kier alpha value is -0.850. The first kappa shape index (κ1) is 19.1. The summed E-state index contributed by atoms with van der Waals surface area (Å²) in [5.74, 6) is 0. The van der Waals surface area contributed by atoms with Crippen molar-refractivity contribution in [3.8, 4) is 0 Å². The largest absolute Gasteiger partial charge is 0.444 e. The highest BCUT2D eigenvalue weighted by atomic mass is 16.6. The average molecular weight is 290 g/mol. The van der Waals surface area contributed by atoms with Gasteiger partial charge in [-0.15, -0.1) is 0 Å². The topological polar surface area (TPSA) is 82.0 Å². The molecule has 0 heterocycles. The molecule has 0 saturated carbocycles. The summed E-state index contributed by atoms with van der Waals surface area (Å²) < 4.78 is 5.40. The number of carbonyl (C=O) groups is 1. The minimum absolute atomic E-state index is 0.140. The van der Waals surface area contributed by atoms with Crippen LogP contribution in [0.25, 0.3) is 0 Å². The number of hydrogen-bond acceptors (Lipinski definition) is 5. The van der Waals surface area contributed by atoms with E-state index < -0.39 is 5.60 Å². The lowest BCUT2D eigenvalue weighted by Crippen LogP contribution is -2.51. The van der Waals surface area contributed by atoms with Gasteiger partial charge in [0.25, 0.3) is 0 Å². The molecule has 1 amide bonds. The first-order valence-electron chi connectivity index (χ1n) is 6.97. The molecule has 0 radical (unpaired) electrons. The second-order valence-corrected chi connectivity index (χ2v) is 6.82. The summed E-state index contributed by atoms with van der Waals surface area (Å²) in [4.78, 5) is 13.8. The fraction of sp³-hybridized carbons (Fsp3) is 0.929. The summed E-state index contributed by atoms with van der Waals surface area (Å²) in [7, 11) is 0. The van der Waals surface area contributed by atoms with Crippen LogP contribution in [0.5, 0.6) is 0 Å². The zero-order valence-corrected chi connectivity index (χ0v) is 13.6. The third kappa shape index (κ3) is 7.67. The first-order chi connectivity index (χ1) is 9.01. The molecular formula is C14H30N2O4. The summed E-state index contributed by atoms with van der Waals surface area (Å²) in [5.41, 5.74) is -0.898. The smallest absolute Gasteiger partial charge is 0.410 e. The molecule has 0 unspecified atom stereocenters. The van der Waals surface area contributed by atoms with Gasteiger partial charge in [-0.1, -0.05) is 0 Å². The lowest BCUT2D eigenvalue weighted by Gasteiger charge is -2.37. The first-order valence-corrected chi connectivity index (χ1v) is 6.97. The number of hydrogen-bond donors (Lipinski definition) is 3. The molecular weight excluding hydrogens is 260 g/mol. The Labute approximate surface area is 122 Å². The molecule has 0 spiro atoms. The predicted octanol–water partition coefficient (Wildman–Crippen LogP) is 0.965. The number of aliphatic hydroxyl groups is 2. The lowest BCUT2D eigenvalue weighted by atomic mass is 10.1. The molecule has 0 aromatic carbocycles. The van der Waals surface area contributed by atoms with E-state index in [2.05, 4.69) is 5.32 Å². The van der Waals surface area contributed by atoms with Gasteiger partial charge in [-0.05, 0) is 41.5 Å². The summed E-state index contributed by atoms with van der Waals surface area (Å²) in [5, 5.41) is 21.0. The quantitative estimate of drug-likeness (QED) is 0.679. The van der Waals surface area contributed by atoms with Gasteiger partial charge in [-0.3, -0.25) is 0 Å². The van der Waals surface area contributed by atoms with Crippen molar-refractivity contribution >= 4 is 6.09 Å². The van der Waals surface area contributed by atoms with Gasteiger partial charge in [0.2, 0.25) is 0 Å². The number of nitrogens with one attached hydrogen (secondary N) is 1. The summed E-state index contributed by atoms with van der Waals surface area (Å²) >= 11 is 0. The Morgan fingerprint density at radius 2 is 1.65 bits per heavy atom. The van der Waals surface area contributed by atoms with Crippen LogP contribution in [0, 0.1) is 0 Å². The van der Waals surface area contributed by atoms with E-state index in [0.717, 1.165) is 0 Å². The highest BCUT2D eigenvalue weighted by molar-refractivity contribution is 5.69. The van der Waals surface area contributed by atoms with Crippen LogP contribution in [0.3, 0.4) is 0 Å². The fourth-order valence-electron chi connectivity index (χ4n) is 1.58. The maximum absolute atomic E-state index is 12.2. The summed E-state index contributed by atoms with van der Waals surface area (Å²) in [6.07, 6.45) is -0.364. The van der Waals surface area contributed by atoms with Crippen LogP contribution in [0.4, 0.5) is 4.79 Å². The van der Waals surface area contributed by atoms with Crippen molar-refractivity contribution in [1.29, 1.82) is 0 Å². The van der Waals surface area contributed by atoms with Gasteiger partial charge in [0.05, 0.1) is 19.3 Å². The molecule has 0 aromatic heterocycles. The van der Waals surface area contributed by atoms with Crippen molar-refractivity contribution in [2.24, 2.45) is 0 Å². The normalized spacial score (nSPS) is 12.7. The van der Waals surface area contributed by atoms with Crippen LogP contribution in [0.2, 0.25) is 0 Å². The molecule has 3 N–H and O–H groups in total. The second-order valence-electron chi connectivity index (χ2n) is 6.82. The zero-order valence-electron chi connectivity index (χ0n) is 13.6. The third-order valence-electron chi connectivity index (χ3n) is 2.63. The molecule has 0 aliphatic rings. The predicted molar refractivity (Wildman–Crippen MR) is 78.7 cm³/mol. The van der Waals surface area contributed by atoms with Crippen molar-refractivity contribution in [2.45, 2.75) is 58.7 Å². The van der Waals surface area contributed by atoms with Crippen LogP contribution >= 0.6 is 0 Å². The van der Waals surface area contributed by atoms with Crippen molar-refractivity contribution < 1.29 is 19.7 Å². The summed E-state index contributed by atoms with van der Waals surface area (Å²) in [6, 6.07) is -0.365. The number of carbonyl (C=O) groups excluding carboxylic acids is 1. The van der Waals surface area contributed by atoms with Crippen molar-refractivity contribution in [3.63, 3.8) is 0 Å². The highest BCUT2D eigenvalue weighted by Crippen LogP contribution is 2.17. The van der Waals surface area contributed by atoms with Crippen LogP contribution in [-0.2, 0) is 4.74 Å². The molecule has 0 rings (SSSR count). The molecule has 6 heteroatoms. The van der Waals surface area contributed by atoms with Crippen LogP contribution in [0.1, 0.15) is 41.5 Å². The van der Waals surface area contributed by atoms with E-state index in [0.29, 0.717) is 13.1 Å². The van der Waals surface area contributed by atoms with E-state index in [9.17, 15) is 4.79 Å². The number of ether oxygens (including phenoxy) is 1. The standard InChI is InChI=1S/C14H30N2O4/c1-13(2,3)16(12(19)20-14(4,5)6)8-7-15-11(9-17)10-18/h11,15,17-18H,7-10H2,1-6H3. The summed E-state index contributed by atoms with van der Waals surface area (Å²) in [6.45, 7) is 11.9.